The van der Waals surface area contributed by atoms with E-state index in [2.05, 4.69) is 10.3 Å². The molecule has 6 heteroatoms. The first-order valence-corrected chi connectivity index (χ1v) is 7.60. The van der Waals surface area contributed by atoms with E-state index in [-0.39, 0.29) is 5.56 Å². The second kappa shape index (κ2) is 6.33. The number of carbonyl (C=O) groups is 1. The quantitative estimate of drug-likeness (QED) is 0.579. The molecule has 0 amide bonds. The number of rotatable bonds is 5. The van der Waals surface area contributed by atoms with Crippen LogP contribution in [0.2, 0.25) is 0 Å². The van der Waals surface area contributed by atoms with Crippen LogP contribution in [0, 0.1) is 5.82 Å². The zero-order valence-electron chi connectivity index (χ0n) is 13.2. The minimum Gasteiger partial charge on any atom is -0.478 e. The van der Waals surface area contributed by atoms with Gasteiger partial charge in [-0.25, -0.2) is 9.18 Å². The normalized spacial score (nSPS) is 11.0. The second-order valence-corrected chi connectivity index (χ2v) is 5.53. The van der Waals surface area contributed by atoms with E-state index in [1.54, 1.807) is 0 Å². The molecule has 0 aliphatic heterocycles. The van der Waals surface area contributed by atoms with E-state index in [0.29, 0.717) is 23.9 Å². The number of aromatic nitrogens is 1. The van der Waals surface area contributed by atoms with Crippen molar-refractivity contribution in [1.82, 2.24) is 4.98 Å². The number of aromatic amines is 1. The Kier molecular flexibility index (Phi) is 4.22. The number of hydrogen-bond donors (Lipinski definition) is 4. The molecule has 0 saturated heterocycles. The number of carboxylic acids is 1. The van der Waals surface area contributed by atoms with Gasteiger partial charge in [0.2, 0.25) is 0 Å². The average molecular weight is 327 g/mol. The van der Waals surface area contributed by atoms with Gasteiger partial charge in [0, 0.05) is 29.3 Å². The number of fused-ring (bicyclic) bond motifs is 1. The van der Waals surface area contributed by atoms with Crippen molar-refractivity contribution < 1.29 is 14.3 Å². The van der Waals surface area contributed by atoms with Crippen LogP contribution in [0.4, 0.5) is 10.1 Å². The predicted octanol–water partition coefficient (Wildman–Crippen LogP) is 3.22. The van der Waals surface area contributed by atoms with Gasteiger partial charge in [0.1, 0.15) is 5.82 Å². The summed E-state index contributed by atoms with van der Waals surface area (Å²) in [7, 11) is 1.83. The van der Waals surface area contributed by atoms with E-state index < -0.39 is 11.8 Å². The molecule has 0 unspecified atom stereocenters. The van der Waals surface area contributed by atoms with Crippen LogP contribution in [0.1, 0.15) is 15.9 Å². The fraction of sp³-hybridized carbons (Fsp3) is 0.167. The van der Waals surface area contributed by atoms with Crippen molar-refractivity contribution in [2.24, 2.45) is 5.73 Å². The summed E-state index contributed by atoms with van der Waals surface area (Å²) in [5.41, 5.74) is 9.55. The molecule has 24 heavy (non-hydrogen) atoms. The van der Waals surface area contributed by atoms with E-state index in [9.17, 15) is 14.3 Å². The Hall–Kier alpha value is -2.86. The summed E-state index contributed by atoms with van der Waals surface area (Å²) in [5, 5.41) is 13.0. The van der Waals surface area contributed by atoms with Crippen LogP contribution in [0.25, 0.3) is 22.2 Å². The number of nitrogens with two attached hydrogens (primary N) is 1. The number of nitrogens with one attached hydrogen (secondary N) is 2. The number of aromatic carboxylic acids is 1. The molecular formula is C18H18FN3O2. The van der Waals surface area contributed by atoms with Crippen molar-refractivity contribution in [3.05, 3.63) is 53.3 Å². The summed E-state index contributed by atoms with van der Waals surface area (Å²) in [6.07, 6.45) is 0.495. The highest BCUT2D eigenvalue weighted by molar-refractivity contribution is 6.06. The van der Waals surface area contributed by atoms with Crippen LogP contribution in [0.5, 0.6) is 0 Å². The molecule has 124 valence electrons. The molecule has 0 radical (unpaired) electrons. The van der Waals surface area contributed by atoms with Crippen LogP contribution >= 0.6 is 0 Å². The van der Waals surface area contributed by atoms with Gasteiger partial charge in [-0.1, -0.05) is 12.1 Å². The first-order chi connectivity index (χ1) is 11.5. The average Bonchev–Trinajstić information content (AvgIpc) is 2.92. The fourth-order valence-corrected chi connectivity index (χ4v) is 2.98. The highest BCUT2D eigenvalue weighted by Gasteiger charge is 2.20. The summed E-state index contributed by atoms with van der Waals surface area (Å²) in [4.78, 5) is 14.7. The van der Waals surface area contributed by atoms with Gasteiger partial charge in [-0.05, 0) is 48.4 Å². The molecular weight excluding hydrogens is 309 g/mol. The molecule has 1 heterocycles. The molecule has 2 aromatic carbocycles. The molecule has 3 rings (SSSR count). The third kappa shape index (κ3) is 2.72. The number of hydrogen-bond acceptors (Lipinski definition) is 3. The Labute approximate surface area is 138 Å². The lowest BCUT2D eigenvalue weighted by molar-refractivity contribution is 0.0698. The molecule has 5 N–H and O–H groups in total. The maximum absolute atomic E-state index is 13.8. The molecule has 0 aliphatic rings. The Morgan fingerprint density at radius 3 is 2.58 bits per heavy atom. The van der Waals surface area contributed by atoms with E-state index in [1.165, 1.54) is 6.07 Å². The molecule has 3 aromatic rings. The molecule has 0 atom stereocenters. The topological polar surface area (TPSA) is 91.1 Å². The molecule has 5 nitrogen and oxygen atoms in total. The predicted molar refractivity (Wildman–Crippen MR) is 93.0 cm³/mol. The molecule has 1 aromatic heterocycles. The number of carboxylic acid groups (broad SMARTS) is 1. The van der Waals surface area contributed by atoms with Crippen LogP contribution in [0.3, 0.4) is 0 Å². The Morgan fingerprint density at radius 2 is 2.00 bits per heavy atom. The van der Waals surface area contributed by atoms with Gasteiger partial charge < -0.3 is 21.1 Å². The lowest BCUT2D eigenvalue weighted by Gasteiger charge is -2.07. The van der Waals surface area contributed by atoms with Crippen LogP contribution < -0.4 is 11.1 Å². The van der Waals surface area contributed by atoms with Gasteiger partial charge in [0.25, 0.3) is 0 Å². The fourth-order valence-electron chi connectivity index (χ4n) is 2.98. The van der Waals surface area contributed by atoms with Crippen LogP contribution in [-0.4, -0.2) is 29.7 Å². The maximum Gasteiger partial charge on any atom is 0.336 e. The number of halogens is 1. The van der Waals surface area contributed by atoms with Crippen molar-refractivity contribution in [2.45, 2.75) is 6.42 Å². The first-order valence-electron chi connectivity index (χ1n) is 7.60. The number of H-pyrrole nitrogens is 1. The molecule has 0 aliphatic carbocycles. The lowest BCUT2D eigenvalue weighted by Crippen LogP contribution is -2.05. The van der Waals surface area contributed by atoms with E-state index >= 15 is 0 Å². The van der Waals surface area contributed by atoms with Crippen molar-refractivity contribution in [1.29, 1.82) is 0 Å². The van der Waals surface area contributed by atoms with Gasteiger partial charge in [0.05, 0.1) is 5.56 Å². The van der Waals surface area contributed by atoms with Crippen molar-refractivity contribution in [3.63, 3.8) is 0 Å². The standard InChI is InChI=1S/C18H18FN3O2/c1-21-12-4-2-10(3-5-12)17-13(6-7-20)16-14(18(23)24)8-11(19)9-15(16)22-17/h2-5,8-9,21-22H,6-7,20H2,1H3,(H,23,24). The highest BCUT2D eigenvalue weighted by atomic mass is 19.1. The third-order valence-electron chi connectivity index (χ3n) is 4.05. The lowest BCUT2D eigenvalue weighted by atomic mass is 9.99. The van der Waals surface area contributed by atoms with Gasteiger partial charge >= 0.3 is 5.97 Å². The summed E-state index contributed by atoms with van der Waals surface area (Å²) < 4.78 is 13.8. The molecule has 0 bridgehead atoms. The molecule has 0 spiro atoms. The minimum atomic E-state index is -1.16. The largest absolute Gasteiger partial charge is 0.478 e. The van der Waals surface area contributed by atoms with Crippen molar-refractivity contribution in [3.8, 4) is 11.3 Å². The minimum absolute atomic E-state index is 0.0530. The zero-order chi connectivity index (χ0) is 17.3. The summed E-state index contributed by atoms with van der Waals surface area (Å²) in [6, 6.07) is 10.1. The summed E-state index contributed by atoms with van der Waals surface area (Å²) in [6.45, 7) is 0.366. The molecule has 0 saturated carbocycles. The summed E-state index contributed by atoms with van der Waals surface area (Å²) in [5.74, 6) is -1.74. The Balaban J connectivity index is 2.29. The van der Waals surface area contributed by atoms with Crippen molar-refractivity contribution >= 4 is 22.6 Å². The second-order valence-electron chi connectivity index (χ2n) is 5.53. The van der Waals surface area contributed by atoms with Gasteiger partial charge in [-0.3, -0.25) is 0 Å². The molecule has 0 fully saturated rings. The monoisotopic (exact) mass is 327 g/mol. The number of benzene rings is 2. The smallest absolute Gasteiger partial charge is 0.336 e. The van der Waals surface area contributed by atoms with Crippen LogP contribution in [0.15, 0.2) is 36.4 Å². The SMILES string of the molecule is CNc1ccc(-c2[nH]c3cc(F)cc(C(=O)O)c3c2CCN)cc1. The first kappa shape index (κ1) is 16.0. The third-order valence-corrected chi connectivity index (χ3v) is 4.05. The Morgan fingerprint density at radius 1 is 1.29 bits per heavy atom. The van der Waals surface area contributed by atoms with Crippen molar-refractivity contribution in [2.75, 3.05) is 18.9 Å². The van der Waals surface area contributed by atoms with E-state index in [0.717, 1.165) is 28.6 Å². The highest BCUT2D eigenvalue weighted by Crippen LogP contribution is 2.34. The number of anilines is 1. The van der Waals surface area contributed by atoms with Crippen LogP contribution in [-0.2, 0) is 6.42 Å². The van der Waals surface area contributed by atoms with Gasteiger partial charge in [0.15, 0.2) is 0 Å². The van der Waals surface area contributed by atoms with E-state index in [1.807, 2.05) is 31.3 Å². The Bertz CT molecular complexity index is 901. The van der Waals surface area contributed by atoms with Gasteiger partial charge in [-0.2, -0.15) is 0 Å². The maximum atomic E-state index is 13.8. The summed E-state index contributed by atoms with van der Waals surface area (Å²) >= 11 is 0. The van der Waals surface area contributed by atoms with Gasteiger partial charge in [-0.15, -0.1) is 0 Å². The zero-order valence-corrected chi connectivity index (χ0v) is 13.2. The van der Waals surface area contributed by atoms with E-state index in [4.69, 9.17) is 5.73 Å².